The molecule has 280 valence electrons. The quantitative estimate of drug-likeness (QED) is 0.114. The van der Waals surface area contributed by atoms with Gasteiger partial charge in [-0.2, -0.15) is 0 Å². The molecule has 3 aliphatic heterocycles. The fourth-order valence-corrected chi connectivity index (χ4v) is 6.14. The molecule has 2 aromatic carbocycles. The summed E-state index contributed by atoms with van der Waals surface area (Å²) >= 11 is 0. The number of ether oxygens (including phenoxy) is 6. The van der Waals surface area contributed by atoms with Crippen LogP contribution in [0.1, 0.15) is 13.8 Å². The minimum absolute atomic E-state index is 0.0438. The summed E-state index contributed by atoms with van der Waals surface area (Å²) in [6.07, 6.45) is -20.7. The number of phenols is 1. The fourth-order valence-electron chi connectivity index (χ4n) is 6.14. The van der Waals surface area contributed by atoms with Gasteiger partial charge in [0.2, 0.25) is 18.0 Å². The number of hydrogen-bond acceptors (Lipinski definition) is 18. The lowest BCUT2D eigenvalue weighted by atomic mass is 9.97. The third-order valence-corrected chi connectivity index (χ3v) is 9.23. The van der Waals surface area contributed by atoms with Gasteiger partial charge in [0.15, 0.2) is 12.4 Å². The maximum absolute atomic E-state index is 13.5. The van der Waals surface area contributed by atoms with E-state index < -0.39 is 110 Å². The minimum Gasteiger partial charge on any atom is -0.507 e. The normalized spacial score (nSPS) is 38.8. The number of fused-ring (bicyclic) bond motifs is 1. The molecule has 1 aromatic heterocycles. The highest BCUT2D eigenvalue weighted by Crippen LogP contribution is 2.34. The van der Waals surface area contributed by atoms with E-state index in [2.05, 4.69) is 0 Å². The number of hydrogen-bond donors (Lipinski definition) is 10. The van der Waals surface area contributed by atoms with Gasteiger partial charge in [-0.25, -0.2) is 0 Å². The molecule has 3 aromatic rings. The summed E-state index contributed by atoms with van der Waals surface area (Å²) in [5.74, 6) is -0.459. The van der Waals surface area contributed by atoms with Crippen molar-refractivity contribution in [2.75, 3.05) is 6.61 Å². The number of aliphatic hydroxyl groups is 9. The highest BCUT2D eigenvalue weighted by atomic mass is 16.8. The Balaban J connectivity index is 1.20. The highest BCUT2D eigenvalue weighted by Gasteiger charge is 2.51. The van der Waals surface area contributed by atoms with Crippen LogP contribution < -0.4 is 14.9 Å². The van der Waals surface area contributed by atoms with Gasteiger partial charge < -0.3 is 83.9 Å². The molecule has 0 unspecified atom stereocenters. The Morgan fingerprint density at radius 1 is 0.667 bits per heavy atom. The van der Waals surface area contributed by atoms with Crippen LogP contribution in [0.25, 0.3) is 22.1 Å². The Bertz CT molecular complexity index is 1720. The van der Waals surface area contributed by atoms with Gasteiger partial charge in [0.25, 0.3) is 0 Å². The first kappa shape index (κ1) is 37.3. The van der Waals surface area contributed by atoms with Gasteiger partial charge in [-0.15, -0.1) is 0 Å². The first-order chi connectivity index (χ1) is 24.2. The third kappa shape index (κ3) is 7.16. The van der Waals surface area contributed by atoms with E-state index in [0.717, 1.165) is 12.3 Å². The SMILES string of the molecule is C[C@@H]1O[C@H](Oc2cc(O)c3c(=O)c(-c4ccc(O[C@H]5O[C@@H](CO)[C@H](O)[C@@H](O)[C@@H]5O[C@H]5O[C@@H](C)[C@H](O)[C@@H](O)[C@@H]5O)cc4)coc3c2)[C@@H](O)[C@H](O)[C@H]1O. The van der Waals surface area contributed by atoms with E-state index in [9.17, 15) is 55.9 Å². The first-order valence-corrected chi connectivity index (χ1v) is 16.1. The van der Waals surface area contributed by atoms with Crippen molar-refractivity contribution in [2.45, 2.75) is 106 Å². The van der Waals surface area contributed by atoms with Crippen molar-refractivity contribution in [3.05, 3.63) is 52.9 Å². The molecule has 4 heterocycles. The molecule has 3 saturated heterocycles. The van der Waals surface area contributed by atoms with E-state index in [1.54, 1.807) is 0 Å². The van der Waals surface area contributed by atoms with Crippen LogP contribution in [0.2, 0.25) is 0 Å². The Morgan fingerprint density at radius 2 is 1.25 bits per heavy atom. The van der Waals surface area contributed by atoms with Crippen LogP contribution in [0.5, 0.6) is 17.2 Å². The minimum atomic E-state index is -1.74. The lowest BCUT2D eigenvalue weighted by Gasteiger charge is -2.45. The highest BCUT2D eigenvalue weighted by molar-refractivity contribution is 5.88. The second-order valence-electron chi connectivity index (χ2n) is 12.7. The van der Waals surface area contributed by atoms with E-state index in [4.69, 9.17) is 32.8 Å². The van der Waals surface area contributed by atoms with Crippen molar-refractivity contribution in [2.24, 2.45) is 0 Å². The molecule has 18 heteroatoms. The molecular formula is C33H40O18. The average molecular weight is 725 g/mol. The van der Waals surface area contributed by atoms with Gasteiger partial charge in [-0.3, -0.25) is 4.79 Å². The number of phenolic OH excluding ortho intramolecular Hbond substituents is 1. The van der Waals surface area contributed by atoms with Crippen LogP contribution in [0.3, 0.4) is 0 Å². The summed E-state index contributed by atoms with van der Waals surface area (Å²) in [6, 6.07) is 8.20. The van der Waals surface area contributed by atoms with Gasteiger partial charge in [-0.1, -0.05) is 12.1 Å². The summed E-state index contributed by atoms with van der Waals surface area (Å²) in [5.41, 5.74) is -0.308. The Kier molecular flexibility index (Phi) is 10.9. The van der Waals surface area contributed by atoms with Crippen molar-refractivity contribution in [1.29, 1.82) is 0 Å². The molecular weight excluding hydrogens is 684 g/mol. The lowest BCUT2D eigenvalue weighted by molar-refractivity contribution is -0.354. The summed E-state index contributed by atoms with van der Waals surface area (Å²) in [4.78, 5) is 13.5. The Hall–Kier alpha value is -3.47. The molecule has 0 radical (unpaired) electrons. The molecule has 0 aliphatic carbocycles. The van der Waals surface area contributed by atoms with Gasteiger partial charge in [0, 0.05) is 12.1 Å². The molecule has 3 aliphatic rings. The van der Waals surface area contributed by atoms with E-state index in [0.29, 0.717) is 5.56 Å². The molecule has 15 atom stereocenters. The summed E-state index contributed by atoms with van der Waals surface area (Å²) in [5, 5.41) is 102. The van der Waals surface area contributed by atoms with Gasteiger partial charge >= 0.3 is 0 Å². The molecule has 0 spiro atoms. The maximum Gasteiger partial charge on any atom is 0.229 e. The van der Waals surface area contributed by atoms with Crippen LogP contribution in [0, 0.1) is 0 Å². The lowest BCUT2D eigenvalue weighted by Crippen LogP contribution is -2.64. The smallest absolute Gasteiger partial charge is 0.229 e. The molecule has 18 nitrogen and oxygen atoms in total. The van der Waals surface area contributed by atoms with Crippen molar-refractivity contribution < 1.29 is 83.9 Å². The zero-order chi connectivity index (χ0) is 36.9. The molecule has 6 rings (SSSR count). The Morgan fingerprint density at radius 3 is 1.88 bits per heavy atom. The second-order valence-corrected chi connectivity index (χ2v) is 12.7. The van der Waals surface area contributed by atoms with E-state index in [-0.39, 0.29) is 28.0 Å². The topological polar surface area (TPSA) is 288 Å². The van der Waals surface area contributed by atoms with E-state index >= 15 is 0 Å². The Labute approximate surface area is 288 Å². The van der Waals surface area contributed by atoms with E-state index in [1.807, 2.05) is 0 Å². The number of aliphatic hydroxyl groups excluding tert-OH is 9. The van der Waals surface area contributed by atoms with Crippen LogP contribution in [0.15, 0.2) is 51.9 Å². The number of benzene rings is 2. The standard InChI is InChI=1S/C33H40O18/c1-11-21(36)25(40)28(43)31(46-11)49-15-7-17(35)20-18(8-15)45-10-16(23(20)38)13-3-5-14(6-4-13)48-33-30(27(42)24(39)19(9-34)50-33)51-32-29(44)26(41)22(37)12(2)47-32/h3-8,10-12,19,21-22,24-37,39-44H,9H2,1-2H3/t11-,12-,19-,21-,22-,24-,25+,26+,27+,28-,29-,30-,31+,32+,33-/m0/s1. The second kappa shape index (κ2) is 14.9. The molecule has 51 heavy (non-hydrogen) atoms. The first-order valence-electron chi connectivity index (χ1n) is 16.1. The number of rotatable bonds is 8. The predicted molar refractivity (Wildman–Crippen MR) is 168 cm³/mol. The number of aromatic hydroxyl groups is 1. The third-order valence-electron chi connectivity index (χ3n) is 9.23. The van der Waals surface area contributed by atoms with Crippen LogP contribution in [-0.2, 0) is 18.9 Å². The van der Waals surface area contributed by atoms with Gasteiger partial charge in [-0.05, 0) is 31.5 Å². The van der Waals surface area contributed by atoms with Crippen molar-refractivity contribution in [1.82, 2.24) is 0 Å². The average Bonchev–Trinajstić information content (AvgIpc) is 3.11. The molecule has 0 bridgehead atoms. The molecule has 0 saturated carbocycles. The summed E-state index contributed by atoms with van der Waals surface area (Å²) < 4.78 is 39.4. The summed E-state index contributed by atoms with van der Waals surface area (Å²) in [7, 11) is 0. The van der Waals surface area contributed by atoms with Crippen molar-refractivity contribution in [3.63, 3.8) is 0 Å². The van der Waals surface area contributed by atoms with Crippen LogP contribution in [0.4, 0.5) is 0 Å². The molecule has 3 fully saturated rings. The van der Waals surface area contributed by atoms with E-state index in [1.165, 1.54) is 44.2 Å². The van der Waals surface area contributed by atoms with Gasteiger partial charge in [0.1, 0.15) is 89.4 Å². The fraction of sp³-hybridized carbons (Fsp3) is 0.545. The zero-order valence-corrected chi connectivity index (χ0v) is 27.1. The van der Waals surface area contributed by atoms with Gasteiger partial charge in [0.05, 0.1) is 24.4 Å². The van der Waals surface area contributed by atoms with Crippen molar-refractivity contribution >= 4 is 11.0 Å². The summed E-state index contributed by atoms with van der Waals surface area (Å²) in [6.45, 7) is 2.21. The van der Waals surface area contributed by atoms with Crippen molar-refractivity contribution in [3.8, 4) is 28.4 Å². The molecule has 0 amide bonds. The zero-order valence-electron chi connectivity index (χ0n) is 27.1. The monoisotopic (exact) mass is 724 g/mol. The van der Waals surface area contributed by atoms with Crippen LogP contribution >= 0.6 is 0 Å². The predicted octanol–water partition coefficient (Wildman–Crippen LogP) is -2.60. The van der Waals surface area contributed by atoms with Crippen LogP contribution in [-0.4, -0.2) is 150 Å². The maximum atomic E-state index is 13.5. The molecule has 10 N–H and O–H groups in total. The largest absolute Gasteiger partial charge is 0.507 e.